The molecule has 0 bridgehead atoms. The monoisotopic (exact) mass is 358 g/mol. The maximum atomic E-state index is 12.1. The van der Waals surface area contributed by atoms with Crippen LogP contribution < -0.4 is 10.5 Å². The van der Waals surface area contributed by atoms with Crippen LogP contribution in [0.2, 0.25) is 0 Å². The molecular formula is C15H23ClN4O2S. The van der Waals surface area contributed by atoms with Crippen molar-refractivity contribution >= 4 is 22.4 Å². The lowest BCUT2D eigenvalue weighted by molar-refractivity contribution is 0.569. The molecule has 1 heterocycles. The summed E-state index contributed by atoms with van der Waals surface area (Å²) in [5.74, 6) is 0.452. The van der Waals surface area contributed by atoms with Crippen molar-refractivity contribution in [3.05, 3.63) is 47.9 Å². The summed E-state index contributed by atoms with van der Waals surface area (Å²) < 4.78 is 28.2. The van der Waals surface area contributed by atoms with Crippen molar-refractivity contribution in [1.82, 2.24) is 14.3 Å². The van der Waals surface area contributed by atoms with Gasteiger partial charge in [0.15, 0.2) is 5.03 Å². The lowest BCUT2D eigenvalue weighted by Crippen LogP contribution is -2.32. The van der Waals surface area contributed by atoms with Crippen LogP contribution in [-0.2, 0) is 17.1 Å². The summed E-state index contributed by atoms with van der Waals surface area (Å²) in [6, 6.07) is 7.52. The molecule has 0 radical (unpaired) electrons. The summed E-state index contributed by atoms with van der Waals surface area (Å²) in [5, 5.41) is -0.00245. The van der Waals surface area contributed by atoms with Gasteiger partial charge < -0.3 is 10.3 Å². The molecule has 23 heavy (non-hydrogen) atoms. The number of hydrogen-bond donors (Lipinski definition) is 2. The van der Waals surface area contributed by atoms with Gasteiger partial charge in [-0.25, -0.2) is 18.1 Å². The highest BCUT2D eigenvalue weighted by Gasteiger charge is 2.18. The van der Waals surface area contributed by atoms with Crippen molar-refractivity contribution in [2.75, 3.05) is 6.54 Å². The van der Waals surface area contributed by atoms with Gasteiger partial charge in [0.05, 0.1) is 6.33 Å². The van der Waals surface area contributed by atoms with Gasteiger partial charge in [0.25, 0.3) is 10.0 Å². The Morgan fingerprint density at radius 2 is 1.78 bits per heavy atom. The predicted molar refractivity (Wildman–Crippen MR) is 93.1 cm³/mol. The topological polar surface area (TPSA) is 90.0 Å². The summed E-state index contributed by atoms with van der Waals surface area (Å²) in [5.41, 5.74) is 8.18. The molecule has 1 unspecified atom stereocenters. The van der Waals surface area contributed by atoms with Gasteiger partial charge in [0, 0.05) is 25.8 Å². The van der Waals surface area contributed by atoms with Crippen molar-refractivity contribution in [2.45, 2.75) is 30.8 Å². The Kier molecular flexibility index (Phi) is 6.76. The normalized spacial score (nSPS) is 12.9. The van der Waals surface area contributed by atoms with E-state index in [1.165, 1.54) is 18.1 Å². The molecule has 0 aliphatic carbocycles. The van der Waals surface area contributed by atoms with Crippen LogP contribution in [0.25, 0.3) is 0 Å². The summed E-state index contributed by atoms with van der Waals surface area (Å²) in [4.78, 5) is 3.84. The highest BCUT2D eigenvalue weighted by molar-refractivity contribution is 7.89. The lowest BCUT2D eigenvalue weighted by atomic mass is 9.99. The molecule has 0 amide bonds. The van der Waals surface area contributed by atoms with Crippen LogP contribution in [0.4, 0.5) is 0 Å². The molecule has 0 fully saturated rings. The molecule has 0 spiro atoms. The number of halogens is 1. The third-order valence-electron chi connectivity index (χ3n) is 3.48. The van der Waals surface area contributed by atoms with Crippen LogP contribution >= 0.6 is 12.4 Å². The molecule has 3 N–H and O–H groups in total. The second-order valence-corrected chi connectivity index (χ2v) is 7.37. The fraction of sp³-hybridized carbons (Fsp3) is 0.400. The second-order valence-electron chi connectivity index (χ2n) is 5.66. The first-order valence-electron chi connectivity index (χ1n) is 7.12. The van der Waals surface area contributed by atoms with E-state index in [4.69, 9.17) is 5.73 Å². The van der Waals surface area contributed by atoms with Gasteiger partial charge in [0.2, 0.25) is 0 Å². The van der Waals surface area contributed by atoms with Gasteiger partial charge in [-0.1, -0.05) is 38.1 Å². The minimum atomic E-state index is -3.63. The number of nitrogens with two attached hydrogens (primary N) is 1. The Labute approximate surface area is 143 Å². The van der Waals surface area contributed by atoms with Crippen molar-refractivity contribution in [2.24, 2.45) is 12.8 Å². The van der Waals surface area contributed by atoms with E-state index in [-0.39, 0.29) is 24.0 Å². The van der Waals surface area contributed by atoms with E-state index in [2.05, 4.69) is 23.6 Å². The first-order chi connectivity index (χ1) is 10.3. The zero-order valence-corrected chi connectivity index (χ0v) is 15.1. The summed E-state index contributed by atoms with van der Waals surface area (Å²) in [7, 11) is -1.91. The molecular weight excluding hydrogens is 336 g/mol. The average Bonchev–Trinajstić information content (AvgIpc) is 2.92. The SMILES string of the molecule is CC(C)c1ccc(C(N)CNS(=O)(=O)c2cn(C)cn2)cc1.Cl. The standard InChI is InChI=1S/C15H22N4O2S.ClH/c1-11(2)12-4-6-13(7-5-12)14(16)8-18-22(20,21)15-9-19(3)10-17-15;/h4-7,9-11,14,18H,8,16H2,1-3H3;1H. The van der Waals surface area contributed by atoms with E-state index in [0.717, 1.165) is 5.56 Å². The molecule has 128 valence electrons. The summed E-state index contributed by atoms with van der Waals surface area (Å²) in [6.07, 6.45) is 2.89. The van der Waals surface area contributed by atoms with Gasteiger partial charge in [-0.05, 0) is 17.0 Å². The van der Waals surface area contributed by atoms with E-state index in [1.807, 2.05) is 24.3 Å². The van der Waals surface area contributed by atoms with E-state index in [1.54, 1.807) is 11.6 Å². The second kappa shape index (κ2) is 7.92. The van der Waals surface area contributed by atoms with E-state index in [9.17, 15) is 8.42 Å². The fourth-order valence-corrected chi connectivity index (χ4v) is 3.08. The number of nitrogens with one attached hydrogen (secondary N) is 1. The molecule has 6 nitrogen and oxygen atoms in total. The van der Waals surface area contributed by atoms with Gasteiger partial charge in [0.1, 0.15) is 0 Å². The molecule has 8 heteroatoms. The molecule has 1 aromatic carbocycles. The molecule has 1 atom stereocenters. The summed E-state index contributed by atoms with van der Waals surface area (Å²) >= 11 is 0. The van der Waals surface area contributed by atoms with Crippen molar-refractivity contribution < 1.29 is 8.42 Å². The fourth-order valence-electron chi connectivity index (χ4n) is 2.05. The first-order valence-corrected chi connectivity index (χ1v) is 8.61. The third-order valence-corrected chi connectivity index (χ3v) is 4.79. The van der Waals surface area contributed by atoms with Crippen molar-refractivity contribution in [3.63, 3.8) is 0 Å². The number of aryl methyl sites for hydroxylation is 1. The third kappa shape index (κ3) is 5.04. The zero-order chi connectivity index (χ0) is 16.3. The molecule has 0 saturated heterocycles. The predicted octanol–water partition coefficient (Wildman–Crippen LogP) is 1.94. The number of hydrogen-bond acceptors (Lipinski definition) is 4. The van der Waals surface area contributed by atoms with Crippen LogP contribution in [0.3, 0.4) is 0 Å². The maximum absolute atomic E-state index is 12.1. The minimum Gasteiger partial charge on any atom is -0.339 e. The highest BCUT2D eigenvalue weighted by atomic mass is 35.5. The van der Waals surface area contributed by atoms with Gasteiger partial charge >= 0.3 is 0 Å². The number of imidazole rings is 1. The zero-order valence-electron chi connectivity index (χ0n) is 13.4. The molecule has 0 aliphatic rings. The molecule has 2 rings (SSSR count). The average molecular weight is 359 g/mol. The number of nitrogens with zero attached hydrogens (tertiary/aromatic N) is 2. The van der Waals surface area contributed by atoms with Crippen LogP contribution in [0.5, 0.6) is 0 Å². The molecule has 0 aliphatic heterocycles. The van der Waals surface area contributed by atoms with Crippen LogP contribution in [0.1, 0.15) is 36.9 Å². The Morgan fingerprint density at radius 1 is 1.22 bits per heavy atom. The Balaban J connectivity index is 0.00000264. The van der Waals surface area contributed by atoms with Crippen LogP contribution in [-0.4, -0.2) is 24.5 Å². The number of rotatable bonds is 6. The smallest absolute Gasteiger partial charge is 0.259 e. The quantitative estimate of drug-likeness (QED) is 0.825. The van der Waals surface area contributed by atoms with Gasteiger partial charge in [-0.2, -0.15) is 0 Å². The largest absolute Gasteiger partial charge is 0.339 e. The lowest BCUT2D eigenvalue weighted by Gasteiger charge is -2.14. The van der Waals surface area contributed by atoms with Gasteiger partial charge in [-0.3, -0.25) is 0 Å². The van der Waals surface area contributed by atoms with Crippen molar-refractivity contribution in [3.8, 4) is 0 Å². The van der Waals surface area contributed by atoms with Crippen LogP contribution in [0.15, 0.2) is 41.8 Å². The van der Waals surface area contributed by atoms with Gasteiger partial charge in [-0.15, -0.1) is 12.4 Å². The Bertz CT molecular complexity index is 726. The van der Waals surface area contributed by atoms with E-state index >= 15 is 0 Å². The summed E-state index contributed by atoms with van der Waals surface area (Å²) in [6.45, 7) is 4.37. The maximum Gasteiger partial charge on any atom is 0.259 e. The van der Waals surface area contributed by atoms with Crippen LogP contribution in [0, 0.1) is 0 Å². The highest BCUT2D eigenvalue weighted by Crippen LogP contribution is 2.17. The molecule has 0 saturated carbocycles. The van der Waals surface area contributed by atoms with E-state index < -0.39 is 16.1 Å². The molecule has 2 aromatic rings. The first kappa shape index (κ1) is 19.6. The van der Waals surface area contributed by atoms with E-state index in [0.29, 0.717) is 5.92 Å². The number of benzene rings is 1. The Morgan fingerprint density at radius 3 is 2.26 bits per heavy atom. The van der Waals surface area contributed by atoms with Crippen molar-refractivity contribution in [1.29, 1.82) is 0 Å². The number of sulfonamides is 1. The Hall–Kier alpha value is -1.41. The molecule has 1 aromatic heterocycles. The number of aromatic nitrogens is 2. The minimum absolute atomic E-state index is 0.